The minimum absolute atomic E-state index is 0.249. The third-order valence-corrected chi connectivity index (χ3v) is 3.50. The molecule has 1 aromatic heterocycles. The Labute approximate surface area is 124 Å². The Hall–Kier alpha value is -1.36. The highest BCUT2D eigenvalue weighted by Crippen LogP contribution is 2.23. The molecule has 0 saturated heterocycles. The van der Waals surface area contributed by atoms with Gasteiger partial charge in [0.2, 0.25) is 0 Å². The van der Waals surface area contributed by atoms with Crippen LogP contribution in [0.5, 0.6) is 0 Å². The lowest BCUT2D eigenvalue weighted by atomic mass is 10.1. The first-order valence-electron chi connectivity index (χ1n) is 6.75. The number of aliphatic hydroxyl groups is 1. The van der Waals surface area contributed by atoms with Crippen LogP contribution >= 0.6 is 11.6 Å². The number of aromatic nitrogens is 2. The molecule has 0 aliphatic rings. The molecule has 0 aliphatic carbocycles. The van der Waals surface area contributed by atoms with E-state index in [1.54, 1.807) is 6.20 Å². The number of nitrogens with one attached hydrogen (secondary N) is 2. The van der Waals surface area contributed by atoms with Crippen molar-refractivity contribution in [2.45, 2.75) is 26.5 Å². The summed E-state index contributed by atoms with van der Waals surface area (Å²) >= 11 is 6.01. The van der Waals surface area contributed by atoms with Crippen molar-refractivity contribution in [2.24, 2.45) is 5.92 Å². The molecule has 20 heavy (non-hydrogen) atoms. The smallest absolute Gasteiger partial charge is 0.0695 e. The summed E-state index contributed by atoms with van der Waals surface area (Å²) in [6, 6.07) is 7.66. The number of halogens is 1. The molecular formula is C15H20ClN3O. The van der Waals surface area contributed by atoms with Crippen LogP contribution in [0.25, 0.3) is 11.3 Å². The Kier molecular flexibility index (Phi) is 5.17. The molecule has 0 radical (unpaired) electrons. The van der Waals surface area contributed by atoms with E-state index in [-0.39, 0.29) is 12.0 Å². The molecule has 4 nitrogen and oxygen atoms in total. The molecule has 5 heteroatoms. The topological polar surface area (TPSA) is 60.9 Å². The van der Waals surface area contributed by atoms with Crippen LogP contribution in [0.2, 0.25) is 5.02 Å². The number of aliphatic hydroxyl groups excluding tert-OH is 1. The molecule has 0 spiro atoms. The maximum Gasteiger partial charge on any atom is 0.0695 e. The Morgan fingerprint density at radius 3 is 2.90 bits per heavy atom. The third-order valence-electron chi connectivity index (χ3n) is 3.27. The minimum Gasteiger partial charge on any atom is -0.392 e. The Morgan fingerprint density at radius 2 is 2.20 bits per heavy atom. The molecule has 0 aliphatic heterocycles. The highest BCUT2D eigenvalue weighted by atomic mass is 35.5. The van der Waals surface area contributed by atoms with Crippen molar-refractivity contribution in [3.05, 3.63) is 41.0 Å². The quantitative estimate of drug-likeness (QED) is 0.767. The van der Waals surface area contributed by atoms with E-state index >= 15 is 0 Å². The fraction of sp³-hybridized carbons (Fsp3) is 0.400. The molecule has 3 N–H and O–H groups in total. The van der Waals surface area contributed by atoms with Gasteiger partial charge in [0, 0.05) is 29.2 Å². The van der Waals surface area contributed by atoms with Gasteiger partial charge >= 0.3 is 0 Å². The van der Waals surface area contributed by atoms with Crippen LogP contribution in [-0.2, 0) is 6.54 Å². The number of benzene rings is 1. The molecule has 1 atom stereocenters. The number of hydrogen-bond acceptors (Lipinski definition) is 3. The molecule has 1 heterocycles. The Bertz CT molecular complexity index is 554. The number of rotatable bonds is 6. The first kappa shape index (κ1) is 15.0. The number of hydrogen-bond donors (Lipinski definition) is 3. The van der Waals surface area contributed by atoms with E-state index in [9.17, 15) is 5.11 Å². The zero-order valence-corrected chi connectivity index (χ0v) is 12.5. The predicted octanol–water partition coefficient (Wildman–Crippen LogP) is 2.84. The molecule has 0 saturated carbocycles. The molecule has 108 valence electrons. The third kappa shape index (κ3) is 3.82. The number of aromatic amines is 1. The zero-order valence-electron chi connectivity index (χ0n) is 11.7. The van der Waals surface area contributed by atoms with Crippen molar-refractivity contribution in [2.75, 3.05) is 6.54 Å². The van der Waals surface area contributed by atoms with Crippen molar-refractivity contribution in [3.63, 3.8) is 0 Å². The van der Waals surface area contributed by atoms with E-state index < -0.39 is 0 Å². The summed E-state index contributed by atoms with van der Waals surface area (Å²) < 4.78 is 0. The van der Waals surface area contributed by atoms with Crippen molar-refractivity contribution in [1.29, 1.82) is 0 Å². The van der Waals surface area contributed by atoms with Gasteiger partial charge < -0.3 is 10.4 Å². The van der Waals surface area contributed by atoms with Crippen LogP contribution in [-0.4, -0.2) is 28.0 Å². The van der Waals surface area contributed by atoms with Gasteiger partial charge in [0.15, 0.2) is 0 Å². The summed E-state index contributed by atoms with van der Waals surface area (Å²) in [5.74, 6) is 0.249. The van der Waals surface area contributed by atoms with Gasteiger partial charge in [0.05, 0.1) is 18.0 Å². The lowest BCUT2D eigenvalue weighted by molar-refractivity contribution is 0.123. The minimum atomic E-state index is -0.337. The summed E-state index contributed by atoms with van der Waals surface area (Å²) in [5.41, 5.74) is 3.03. The van der Waals surface area contributed by atoms with Crippen molar-refractivity contribution < 1.29 is 5.11 Å². The van der Waals surface area contributed by atoms with Crippen LogP contribution in [0.1, 0.15) is 19.4 Å². The Balaban J connectivity index is 2.02. The molecule has 0 fully saturated rings. The van der Waals surface area contributed by atoms with E-state index in [2.05, 4.69) is 15.5 Å². The molecule has 2 rings (SSSR count). The van der Waals surface area contributed by atoms with Crippen molar-refractivity contribution >= 4 is 11.6 Å². The van der Waals surface area contributed by atoms with Gasteiger partial charge in [-0.2, -0.15) is 5.10 Å². The molecule has 1 unspecified atom stereocenters. The van der Waals surface area contributed by atoms with Gasteiger partial charge in [-0.1, -0.05) is 37.6 Å². The van der Waals surface area contributed by atoms with Crippen LogP contribution in [0, 0.1) is 5.92 Å². The van der Waals surface area contributed by atoms with Gasteiger partial charge in [0.25, 0.3) is 0 Å². The maximum absolute atomic E-state index is 9.77. The number of nitrogens with zero attached hydrogens (tertiary/aromatic N) is 1. The van der Waals surface area contributed by atoms with Crippen molar-refractivity contribution in [3.8, 4) is 11.3 Å². The van der Waals surface area contributed by atoms with E-state index in [4.69, 9.17) is 11.6 Å². The summed E-state index contributed by atoms with van der Waals surface area (Å²) in [5, 5.41) is 20.8. The highest BCUT2D eigenvalue weighted by molar-refractivity contribution is 6.30. The second-order valence-electron chi connectivity index (χ2n) is 5.22. The first-order chi connectivity index (χ1) is 9.58. The molecule has 0 amide bonds. The monoisotopic (exact) mass is 293 g/mol. The molecule has 2 aromatic rings. The first-order valence-corrected chi connectivity index (χ1v) is 7.12. The summed E-state index contributed by atoms with van der Waals surface area (Å²) in [6.45, 7) is 5.23. The zero-order chi connectivity index (χ0) is 14.5. The van der Waals surface area contributed by atoms with Gasteiger partial charge in [-0.15, -0.1) is 0 Å². The SMILES string of the molecule is CC(C)C(O)CNCc1cn[nH]c1-c1cccc(Cl)c1. The highest BCUT2D eigenvalue weighted by Gasteiger charge is 2.11. The summed E-state index contributed by atoms with van der Waals surface area (Å²) in [7, 11) is 0. The lowest BCUT2D eigenvalue weighted by Crippen LogP contribution is -2.30. The van der Waals surface area contributed by atoms with Gasteiger partial charge in [-0.05, 0) is 18.1 Å². The van der Waals surface area contributed by atoms with Crippen molar-refractivity contribution in [1.82, 2.24) is 15.5 Å². The van der Waals surface area contributed by atoms with Crippen LogP contribution < -0.4 is 5.32 Å². The second kappa shape index (κ2) is 6.88. The van der Waals surface area contributed by atoms with Crippen LogP contribution in [0.3, 0.4) is 0 Å². The lowest BCUT2D eigenvalue weighted by Gasteiger charge is -2.15. The summed E-state index contributed by atoms with van der Waals surface area (Å²) in [4.78, 5) is 0. The molecular weight excluding hydrogens is 274 g/mol. The molecule has 0 bridgehead atoms. The van der Waals surface area contributed by atoms with Gasteiger partial charge in [-0.3, -0.25) is 5.10 Å². The fourth-order valence-electron chi connectivity index (χ4n) is 1.93. The van der Waals surface area contributed by atoms with E-state index in [0.717, 1.165) is 16.8 Å². The predicted molar refractivity (Wildman–Crippen MR) is 81.6 cm³/mol. The van der Waals surface area contributed by atoms with Gasteiger partial charge in [-0.25, -0.2) is 0 Å². The van der Waals surface area contributed by atoms with E-state index in [1.807, 2.05) is 38.1 Å². The van der Waals surface area contributed by atoms with Gasteiger partial charge in [0.1, 0.15) is 0 Å². The number of H-pyrrole nitrogens is 1. The van der Waals surface area contributed by atoms with E-state index in [0.29, 0.717) is 18.1 Å². The maximum atomic E-state index is 9.77. The normalized spacial score (nSPS) is 12.8. The average molecular weight is 294 g/mol. The van der Waals surface area contributed by atoms with E-state index in [1.165, 1.54) is 0 Å². The largest absolute Gasteiger partial charge is 0.392 e. The Morgan fingerprint density at radius 1 is 1.40 bits per heavy atom. The fourth-order valence-corrected chi connectivity index (χ4v) is 2.12. The van der Waals surface area contributed by atoms with Crippen LogP contribution in [0.15, 0.2) is 30.5 Å². The standard InChI is InChI=1S/C15H20ClN3O/c1-10(2)14(20)9-17-7-12-8-18-19-15(12)11-4-3-5-13(16)6-11/h3-6,8,10,14,17,20H,7,9H2,1-2H3,(H,18,19). The van der Waals surface area contributed by atoms with Crippen LogP contribution in [0.4, 0.5) is 0 Å². The molecule has 1 aromatic carbocycles. The summed E-state index contributed by atoms with van der Waals surface area (Å²) in [6.07, 6.45) is 1.46. The second-order valence-corrected chi connectivity index (χ2v) is 5.66. The average Bonchev–Trinajstić information content (AvgIpc) is 2.87.